The van der Waals surface area contributed by atoms with Gasteiger partial charge in [-0.15, -0.1) is 23.7 Å². The van der Waals surface area contributed by atoms with Crippen LogP contribution in [0, 0.1) is 0 Å². The number of carbonyl (C=O) groups excluding carboxylic acids is 1. The number of amides is 1. The average molecular weight is 502 g/mol. The van der Waals surface area contributed by atoms with Gasteiger partial charge >= 0.3 is 0 Å². The Morgan fingerprint density at radius 1 is 1.27 bits per heavy atom. The molecule has 4 aromatic rings. The molecule has 0 aliphatic carbocycles. The Labute approximate surface area is 198 Å². The van der Waals surface area contributed by atoms with Crippen LogP contribution < -0.4 is 4.90 Å². The highest BCUT2D eigenvalue weighted by Crippen LogP contribution is 2.35. The number of halogens is 3. The van der Waals surface area contributed by atoms with E-state index in [0.29, 0.717) is 25.9 Å². The van der Waals surface area contributed by atoms with Crippen molar-refractivity contribution in [3.63, 3.8) is 0 Å². The van der Waals surface area contributed by atoms with E-state index < -0.39 is 0 Å². The van der Waals surface area contributed by atoms with E-state index in [-0.39, 0.29) is 18.3 Å². The van der Waals surface area contributed by atoms with Crippen molar-refractivity contribution >= 4 is 79.5 Å². The van der Waals surface area contributed by atoms with E-state index in [2.05, 4.69) is 18.0 Å². The lowest BCUT2D eigenvalue weighted by Gasteiger charge is -2.19. The molecule has 30 heavy (non-hydrogen) atoms. The molecule has 0 spiro atoms. The Balaban J connectivity index is 0.00000256. The minimum Gasteiger partial charge on any atom is -0.337 e. The molecule has 0 radical (unpaired) electrons. The maximum Gasteiger partial charge on any atom is 0.262 e. The van der Waals surface area contributed by atoms with Crippen LogP contribution in [0.1, 0.15) is 29.3 Å². The normalized spacial score (nSPS) is 10.9. The van der Waals surface area contributed by atoms with Crippen molar-refractivity contribution in [2.45, 2.75) is 26.3 Å². The number of anilines is 1. The van der Waals surface area contributed by atoms with Crippen molar-refractivity contribution < 1.29 is 4.79 Å². The quantitative estimate of drug-likeness (QED) is 0.287. The molecule has 158 valence electrons. The molecule has 0 aliphatic heterocycles. The summed E-state index contributed by atoms with van der Waals surface area (Å²) < 4.78 is 3.95. The fourth-order valence-corrected chi connectivity index (χ4v) is 5.63. The predicted molar refractivity (Wildman–Crippen MR) is 129 cm³/mol. The second-order valence-electron chi connectivity index (χ2n) is 6.46. The first kappa shape index (κ1) is 23.0. The largest absolute Gasteiger partial charge is 0.337 e. The lowest BCUT2D eigenvalue weighted by Crippen LogP contribution is -2.32. The number of carbonyl (C=O) groups is 1. The molecule has 1 amide bonds. The van der Waals surface area contributed by atoms with Crippen LogP contribution in [0.15, 0.2) is 43.0 Å². The average Bonchev–Trinajstić information content (AvgIpc) is 3.44. The summed E-state index contributed by atoms with van der Waals surface area (Å²) in [4.78, 5) is 23.9. The minimum atomic E-state index is -0.180. The number of thiazole rings is 1. The number of para-hydroxylation sites is 1. The van der Waals surface area contributed by atoms with E-state index in [0.717, 1.165) is 29.6 Å². The summed E-state index contributed by atoms with van der Waals surface area (Å²) in [7, 11) is 0. The number of imidazole rings is 1. The first-order chi connectivity index (χ1) is 14.1. The van der Waals surface area contributed by atoms with Crippen LogP contribution in [-0.2, 0) is 13.0 Å². The summed E-state index contributed by atoms with van der Waals surface area (Å²) in [5.74, 6) is -0.180. The van der Waals surface area contributed by atoms with Gasteiger partial charge in [-0.3, -0.25) is 9.69 Å². The molecule has 3 heterocycles. The number of thiophene rings is 1. The number of fused-ring (bicyclic) bond motifs is 1. The smallest absolute Gasteiger partial charge is 0.262 e. The van der Waals surface area contributed by atoms with Crippen molar-refractivity contribution in [3.05, 3.63) is 62.8 Å². The molecule has 0 saturated carbocycles. The Bertz CT molecular complexity index is 1140. The number of benzene rings is 1. The Hall–Kier alpha value is -1.64. The van der Waals surface area contributed by atoms with Crippen LogP contribution >= 0.6 is 58.3 Å². The van der Waals surface area contributed by atoms with Crippen molar-refractivity contribution in [2.24, 2.45) is 0 Å². The molecule has 0 bridgehead atoms. The van der Waals surface area contributed by atoms with E-state index in [1.54, 1.807) is 23.5 Å². The van der Waals surface area contributed by atoms with Gasteiger partial charge in [-0.2, -0.15) is 0 Å². The third-order valence-corrected chi connectivity index (χ3v) is 7.12. The molecule has 4 rings (SSSR count). The van der Waals surface area contributed by atoms with Crippen LogP contribution in [0.3, 0.4) is 0 Å². The molecule has 3 aromatic heterocycles. The zero-order chi connectivity index (χ0) is 20.4. The van der Waals surface area contributed by atoms with Crippen molar-refractivity contribution in [2.75, 3.05) is 11.4 Å². The molecular weight excluding hydrogens is 483 g/mol. The second kappa shape index (κ2) is 10.1. The predicted octanol–water partition coefficient (Wildman–Crippen LogP) is 6.58. The van der Waals surface area contributed by atoms with Crippen molar-refractivity contribution in [1.29, 1.82) is 0 Å². The van der Waals surface area contributed by atoms with Crippen LogP contribution in [0.4, 0.5) is 5.13 Å². The molecular formula is C20H19Cl3N4OS2. The minimum absolute atomic E-state index is 0. The van der Waals surface area contributed by atoms with Crippen molar-refractivity contribution in [1.82, 2.24) is 14.5 Å². The molecule has 10 heteroatoms. The SMILES string of the molecule is CCc1cccc2sc(N(CCCn3ccnc3)C(=O)c3cc(Cl)sc3Cl)nc12.Cl. The Kier molecular flexibility index (Phi) is 7.76. The molecule has 0 atom stereocenters. The van der Waals surface area contributed by atoms with Gasteiger partial charge in [0.1, 0.15) is 4.34 Å². The molecule has 0 aliphatic rings. The lowest BCUT2D eigenvalue weighted by atomic mass is 10.1. The fraction of sp³-hybridized carbons (Fsp3) is 0.250. The summed E-state index contributed by atoms with van der Waals surface area (Å²) >= 11 is 15.1. The van der Waals surface area contributed by atoms with Gasteiger partial charge in [-0.1, -0.05) is 53.6 Å². The van der Waals surface area contributed by atoms with Crippen LogP contribution in [0.2, 0.25) is 8.67 Å². The zero-order valence-electron chi connectivity index (χ0n) is 16.0. The Morgan fingerprint density at radius 3 is 2.77 bits per heavy atom. The van der Waals surface area contributed by atoms with E-state index in [4.69, 9.17) is 28.2 Å². The molecule has 0 unspecified atom stereocenters. The van der Waals surface area contributed by atoms with Gasteiger partial charge in [0.15, 0.2) is 5.13 Å². The van der Waals surface area contributed by atoms with Gasteiger partial charge in [-0.25, -0.2) is 9.97 Å². The van der Waals surface area contributed by atoms with Crippen LogP contribution in [0.25, 0.3) is 10.2 Å². The highest BCUT2D eigenvalue weighted by Gasteiger charge is 2.25. The molecule has 0 fully saturated rings. The Morgan fingerprint density at radius 2 is 2.10 bits per heavy atom. The van der Waals surface area contributed by atoms with Gasteiger partial charge < -0.3 is 4.57 Å². The van der Waals surface area contributed by atoms with Crippen LogP contribution in [0.5, 0.6) is 0 Å². The number of rotatable bonds is 7. The summed E-state index contributed by atoms with van der Waals surface area (Å²) in [5, 5.41) is 0.676. The molecule has 1 aromatic carbocycles. The monoisotopic (exact) mass is 500 g/mol. The maximum absolute atomic E-state index is 13.3. The fourth-order valence-electron chi connectivity index (χ4n) is 3.14. The van der Waals surface area contributed by atoms with Gasteiger partial charge in [0.2, 0.25) is 0 Å². The second-order valence-corrected chi connectivity index (χ2v) is 9.76. The molecule has 0 N–H and O–H groups in total. The standard InChI is InChI=1S/C20H18Cl2N4OS2.ClH/c1-2-13-5-3-6-15-17(13)24-20(28-15)26(9-4-8-25-10-7-23-12-25)19(27)14-11-16(21)29-18(14)22;/h3,5-7,10-12H,2,4,8-9H2,1H3;1H. The van der Waals surface area contributed by atoms with E-state index in [1.165, 1.54) is 28.2 Å². The summed E-state index contributed by atoms with van der Waals surface area (Å²) in [6.07, 6.45) is 7.07. The van der Waals surface area contributed by atoms with Gasteiger partial charge in [0.05, 0.1) is 26.4 Å². The third-order valence-electron chi connectivity index (χ3n) is 4.59. The number of hydrogen-bond donors (Lipinski definition) is 0. The highest BCUT2D eigenvalue weighted by molar-refractivity contribution is 7.22. The molecule has 5 nitrogen and oxygen atoms in total. The summed E-state index contributed by atoms with van der Waals surface area (Å²) in [6, 6.07) is 7.78. The highest BCUT2D eigenvalue weighted by atomic mass is 35.5. The van der Waals surface area contributed by atoms with Gasteiger partial charge in [-0.05, 0) is 30.5 Å². The number of aromatic nitrogens is 3. The third kappa shape index (κ3) is 4.81. The topological polar surface area (TPSA) is 51.0 Å². The van der Waals surface area contributed by atoms with E-state index >= 15 is 0 Å². The molecule has 0 saturated heterocycles. The lowest BCUT2D eigenvalue weighted by molar-refractivity contribution is 0.0987. The van der Waals surface area contributed by atoms with E-state index in [9.17, 15) is 4.79 Å². The number of aryl methyl sites for hydroxylation is 2. The van der Waals surface area contributed by atoms with Gasteiger partial charge in [0, 0.05) is 25.5 Å². The van der Waals surface area contributed by atoms with E-state index in [1.807, 2.05) is 22.9 Å². The first-order valence-electron chi connectivity index (χ1n) is 9.17. The zero-order valence-corrected chi connectivity index (χ0v) is 20.0. The van der Waals surface area contributed by atoms with Crippen molar-refractivity contribution in [3.8, 4) is 0 Å². The summed E-state index contributed by atoms with van der Waals surface area (Å²) in [6.45, 7) is 3.38. The number of hydrogen-bond acceptors (Lipinski definition) is 5. The van der Waals surface area contributed by atoms with Crippen LogP contribution in [-0.4, -0.2) is 27.0 Å². The summed E-state index contributed by atoms with van der Waals surface area (Å²) in [5.41, 5.74) is 2.54. The number of nitrogens with zero attached hydrogens (tertiary/aromatic N) is 4. The first-order valence-corrected chi connectivity index (χ1v) is 11.6. The maximum atomic E-state index is 13.3. The van der Waals surface area contributed by atoms with Gasteiger partial charge in [0.25, 0.3) is 5.91 Å².